The van der Waals surface area contributed by atoms with Crippen LogP contribution in [0.2, 0.25) is 0 Å². The standard InChI is InChI=1S/C22H29FO4/c1-11-7-14-15-9-17(23)16-8-13(25)5-6-19(16,3)22(15)18(27-22)10-20(14,4)21(11,26)12(2)24/h8,11,14-15,17-18,26H,5-7,9-10H2,1-4H3/t11-,14+,15+,17+,18?,19+,20+,21+,22?/m1/s1. The van der Waals surface area contributed by atoms with Gasteiger partial charge < -0.3 is 9.84 Å². The second kappa shape index (κ2) is 4.91. The van der Waals surface area contributed by atoms with Gasteiger partial charge in [-0.3, -0.25) is 9.59 Å². The number of alkyl halides is 1. The van der Waals surface area contributed by atoms with Crippen molar-refractivity contribution in [3.05, 3.63) is 11.6 Å². The molecular formula is C22H29FO4. The summed E-state index contributed by atoms with van der Waals surface area (Å²) in [5, 5.41) is 11.5. The summed E-state index contributed by atoms with van der Waals surface area (Å²) in [5.74, 6) is -0.291. The van der Waals surface area contributed by atoms with Crippen LogP contribution in [0.3, 0.4) is 0 Å². The second-order valence-corrected chi connectivity index (χ2v) is 10.3. The summed E-state index contributed by atoms with van der Waals surface area (Å²) in [7, 11) is 0. The van der Waals surface area contributed by atoms with Crippen LogP contribution in [0.4, 0.5) is 4.39 Å². The molecule has 4 aliphatic carbocycles. The van der Waals surface area contributed by atoms with Crippen molar-refractivity contribution in [1.82, 2.24) is 0 Å². The molecule has 1 N–H and O–H groups in total. The first-order valence-electron chi connectivity index (χ1n) is 10.3. The van der Waals surface area contributed by atoms with E-state index in [9.17, 15) is 14.7 Å². The number of hydrogen-bond donors (Lipinski definition) is 1. The van der Waals surface area contributed by atoms with Crippen molar-refractivity contribution in [3.63, 3.8) is 0 Å². The van der Waals surface area contributed by atoms with Crippen LogP contribution in [0, 0.1) is 28.6 Å². The van der Waals surface area contributed by atoms with Crippen LogP contribution in [-0.2, 0) is 14.3 Å². The van der Waals surface area contributed by atoms with Crippen LogP contribution < -0.4 is 0 Å². The molecule has 27 heavy (non-hydrogen) atoms. The zero-order valence-corrected chi connectivity index (χ0v) is 16.5. The number of ether oxygens (including phenoxy) is 1. The van der Waals surface area contributed by atoms with Gasteiger partial charge in [-0.25, -0.2) is 4.39 Å². The summed E-state index contributed by atoms with van der Waals surface area (Å²) in [6, 6.07) is 0. The molecule has 2 unspecified atom stereocenters. The van der Waals surface area contributed by atoms with Gasteiger partial charge in [0.1, 0.15) is 17.4 Å². The number of rotatable bonds is 1. The quantitative estimate of drug-likeness (QED) is 0.714. The summed E-state index contributed by atoms with van der Waals surface area (Å²) < 4.78 is 21.7. The Bertz CT molecular complexity index is 791. The molecule has 5 heteroatoms. The Hall–Kier alpha value is -1.07. The van der Waals surface area contributed by atoms with Crippen LogP contribution in [0.25, 0.3) is 0 Å². The number of epoxide rings is 1. The molecule has 0 bridgehead atoms. The third kappa shape index (κ3) is 1.73. The summed E-state index contributed by atoms with van der Waals surface area (Å²) >= 11 is 0. The molecule has 1 spiro atoms. The normalized spacial score (nSPS) is 58.5. The predicted octanol–water partition coefficient (Wildman–Crippen LogP) is 3.16. The van der Waals surface area contributed by atoms with Gasteiger partial charge in [0.15, 0.2) is 11.6 Å². The molecule has 0 radical (unpaired) electrons. The minimum absolute atomic E-state index is 0.0123. The van der Waals surface area contributed by atoms with E-state index in [1.807, 2.05) is 13.8 Å². The van der Waals surface area contributed by atoms with Crippen LogP contribution in [-0.4, -0.2) is 40.2 Å². The number of fused-ring (bicyclic) bond motifs is 3. The third-order valence-corrected chi connectivity index (χ3v) is 9.44. The molecular weight excluding hydrogens is 347 g/mol. The van der Waals surface area contributed by atoms with E-state index in [1.54, 1.807) is 0 Å². The maximum atomic E-state index is 15.3. The largest absolute Gasteiger partial charge is 0.381 e. The predicted molar refractivity (Wildman–Crippen MR) is 96.7 cm³/mol. The molecule has 4 nitrogen and oxygen atoms in total. The lowest BCUT2D eigenvalue weighted by molar-refractivity contribution is -0.162. The van der Waals surface area contributed by atoms with E-state index < -0.39 is 28.2 Å². The van der Waals surface area contributed by atoms with Crippen molar-refractivity contribution >= 4 is 11.6 Å². The van der Waals surface area contributed by atoms with Gasteiger partial charge in [0.05, 0.1) is 6.10 Å². The highest BCUT2D eigenvalue weighted by Crippen LogP contribution is 2.77. The number of ketones is 2. The Labute approximate surface area is 159 Å². The maximum Gasteiger partial charge on any atom is 0.162 e. The summed E-state index contributed by atoms with van der Waals surface area (Å²) in [4.78, 5) is 24.5. The minimum atomic E-state index is -1.37. The molecule has 0 aromatic carbocycles. The highest BCUT2D eigenvalue weighted by atomic mass is 19.1. The lowest BCUT2D eigenvalue weighted by Gasteiger charge is -2.57. The van der Waals surface area contributed by atoms with E-state index in [-0.39, 0.29) is 35.4 Å². The third-order valence-electron chi connectivity index (χ3n) is 9.44. The zero-order valence-electron chi connectivity index (χ0n) is 16.5. The molecule has 9 atom stereocenters. The van der Waals surface area contributed by atoms with E-state index in [2.05, 4.69) is 6.92 Å². The first kappa shape index (κ1) is 18.0. The van der Waals surface area contributed by atoms with Crippen LogP contribution in [0.1, 0.15) is 59.8 Å². The molecule has 4 fully saturated rings. The minimum Gasteiger partial charge on any atom is -0.381 e. The molecule has 0 aromatic heterocycles. The van der Waals surface area contributed by atoms with Gasteiger partial charge in [-0.1, -0.05) is 20.8 Å². The van der Waals surface area contributed by atoms with Gasteiger partial charge >= 0.3 is 0 Å². The van der Waals surface area contributed by atoms with Gasteiger partial charge in [-0.2, -0.15) is 0 Å². The average molecular weight is 376 g/mol. The van der Waals surface area contributed by atoms with Crippen molar-refractivity contribution in [2.75, 3.05) is 0 Å². The smallest absolute Gasteiger partial charge is 0.162 e. The van der Waals surface area contributed by atoms with E-state index >= 15 is 4.39 Å². The Morgan fingerprint density at radius 1 is 1.30 bits per heavy atom. The first-order valence-corrected chi connectivity index (χ1v) is 10.3. The topological polar surface area (TPSA) is 66.9 Å². The van der Waals surface area contributed by atoms with Gasteiger partial charge in [0.2, 0.25) is 0 Å². The van der Waals surface area contributed by atoms with Crippen LogP contribution >= 0.6 is 0 Å². The van der Waals surface area contributed by atoms with Gasteiger partial charge in [-0.05, 0) is 62.0 Å². The Morgan fingerprint density at radius 2 is 2.00 bits per heavy atom. The van der Waals surface area contributed by atoms with E-state index in [0.29, 0.717) is 31.3 Å². The fraction of sp³-hybridized carbons (Fsp3) is 0.818. The van der Waals surface area contributed by atoms with Crippen molar-refractivity contribution in [3.8, 4) is 0 Å². The Morgan fingerprint density at radius 3 is 2.67 bits per heavy atom. The molecule has 148 valence electrons. The van der Waals surface area contributed by atoms with Gasteiger partial charge in [-0.15, -0.1) is 0 Å². The molecule has 1 saturated heterocycles. The maximum absolute atomic E-state index is 15.3. The monoisotopic (exact) mass is 376 g/mol. The lowest BCUT2D eigenvalue weighted by atomic mass is 9.45. The lowest BCUT2D eigenvalue weighted by Crippen LogP contribution is -2.63. The molecule has 1 aliphatic heterocycles. The molecule has 5 aliphatic rings. The molecule has 5 rings (SSSR count). The number of carbonyl (C=O) groups excluding carboxylic acids is 2. The Kier molecular flexibility index (Phi) is 3.27. The van der Waals surface area contributed by atoms with E-state index in [4.69, 9.17) is 4.74 Å². The van der Waals surface area contributed by atoms with Crippen LogP contribution in [0.5, 0.6) is 0 Å². The number of aliphatic hydroxyl groups is 1. The Balaban J connectivity index is 1.63. The summed E-state index contributed by atoms with van der Waals surface area (Å²) in [5.41, 5.74) is -2.24. The van der Waals surface area contributed by atoms with Crippen molar-refractivity contribution in [1.29, 1.82) is 0 Å². The summed E-state index contributed by atoms with van der Waals surface area (Å²) in [6.45, 7) is 7.52. The number of hydrogen-bond acceptors (Lipinski definition) is 4. The highest BCUT2D eigenvalue weighted by molar-refractivity contribution is 5.92. The van der Waals surface area contributed by atoms with Gasteiger partial charge in [0, 0.05) is 17.3 Å². The zero-order chi connectivity index (χ0) is 19.6. The summed E-state index contributed by atoms with van der Waals surface area (Å²) in [6.07, 6.45) is 3.05. The first-order chi connectivity index (χ1) is 12.5. The number of carbonyl (C=O) groups is 2. The van der Waals surface area contributed by atoms with E-state index in [1.165, 1.54) is 13.0 Å². The SMILES string of the molecule is CC(=O)[C@@]1(O)[C@H](C)C[C@H]2[C@@H]3C[C@H](F)C4=CC(=O)CC[C@]4(C)C34OC4C[C@@]21C. The van der Waals surface area contributed by atoms with Crippen molar-refractivity contribution < 1.29 is 23.8 Å². The van der Waals surface area contributed by atoms with E-state index in [0.717, 1.165) is 6.42 Å². The average Bonchev–Trinajstić information content (AvgIpc) is 3.27. The second-order valence-electron chi connectivity index (χ2n) is 10.3. The molecule has 0 amide bonds. The number of halogens is 1. The number of Topliss-reactive ketones (excluding diaryl/α,β-unsaturated/α-hetero) is 1. The highest BCUT2D eigenvalue weighted by Gasteiger charge is 2.82. The fourth-order valence-electron chi connectivity index (χ4n) is 8.09. The molecule has 1 heterocycles. The van der Waals surface area contributed by atoms with Crippen molar-refractivity contribution in [2.45, 2.75) is 83.3 Å². The van der Waals surface area contributed by atoms with Crippen LogP contribution in [0.15, 0.2) is 11.6 Å². The van der Waals surface area contributed by atoms with Crippen molar-refractivity contribution in [2.24, 2.45) is 28.6 Å². The fourth-order valence-corrected chi connectivity index (χ4v) is 8.09. The van der Waals surface area contributed by atoms with Gasteiger partial charge in [0.25, 0.3) is 0 Å². The molecule has 3 saturated carbocycles. The molecule has 0 aromatic rings.